The number of aryl methyl sites for hydroxylation is 2. The van der Waals surface area contributed by atoms with Crippen LogP contribution in [0, 0.1) is 13.8 Å². The molecule has 3 aromatic rings. The van der Waals surface area contributed by atoms with Crippen molar-refractivity contribution in [3.8, 4) is 0 Å². The minimum Gasteiger partial charge on any atom is -0.368 e. The second kappa shape index (κ2) is 7.40. The summed E-state index contributed by atoms with van der Waals surface area (Å²) in [5, 5.41) is 4.62. The van der Waals surface area contributed by atoms with Crippen molar-refractivity contribution in [2.24, 2.45) is 5.73 Å². The fourth-order valence-electron chi connectivity index (χ4n) is 3.05. The van der Waals surface area contributed by atoms with Crippen molar-refractivity contribution >= 4 is 22.6 Å². The van der Waals surface area contributed by atoms with Crippen LogP contribution in [0.4, 0.5) is 0 Å². The summed E-state index contributed by atoms with van der Waals surface area (Å²) in [6.45, 7) is 4.06. The highest BCUT2D eigenvalue weighted by atomic mass is 16.2. The van der Waals surface area contributed by atoms with Gasteiger partial charge in [-0.25, -0.2) is 0 Å². The minimum atomic E-state index is -0.761. The maximum Gasteiger partial charge on any atom is 0.252 e. The Labute approximate surface area is 153 Å². The Hall–Kier alpha value is -3.14. The largest absolute Gasteiger partial charge is 0.368 e. The van der Waals surface area contributed by atoms with Crippen LogP contribution in [-0.4, -0.2) is 17.9 Å². The molecule has 0 heterocycles. The topological polar surface area (TPSA) is 72.2 Å². The van der Waals surface area contributed by atoms with Crippen LogP contribution in [0.3, 0.4) is 0 Å². The van der Waals surface area contributed by atoms with Gasteiger partial charge in [0.25, 0.3) is 5.91 Å². The SMILES string of the molecule is Cc1ccc(C[C@@H](NC(=O)c2cccc3ccccc23)C(N)=O)cc1C. The Morgan fingerprint density at radius 3 is 2.42 bits per heavy atom. The van der Waals surface area contributed by atoms with Crippen LogP contribution in [0.5, 0.6) is 0 Å². The Bertz CT molecular complexity index is 974. The molecular formula is C22H22N2O2. The lowest BCUT2D eigenvalue weighted by Gasteiger charge is -2.17. The van der Waals surface area contributed by atoms with Gasteiger partial charge in [0.05, 0.1) is 0 Å². The van der Waals surface area contributed by atoms with Gasteiger partial charge in [0.15, 0.2) is 0 Å². The fourth-order valence-corrected chi connectivity index (χ4v) is 3.05. The Morgan fingerprint density at radius 2 is 1.69 bits per heavy atom. The minimum absolute atomic E-state index is 0.297. The second-order valence-corrected chi connectivity index (χ2v) is 6.58. The molecule has 0 fully saturated rings. The molecule has 0 bridgehead atoms. The van der Waals surface area contributed by atoms with Crippen molar-refractivity contribution in [2.75, 3.05) is 0 Å². The normalized spacial score (nSPS) is 11.9. The first-order valence-corrected chi connectivity index (χ1v) is 8.60. The van der Waals surface area contributed by atoms with Crippen molar-refractivity contribution in [2.45, 2.75) is 26.3 Å². The van der Waals surface area contributed by atoms with Crippen LogP contribution < -0.4 is 11.1 Å². The van der Waals surface area contributed by atoms with E-state index < -0.39 is 11.9 Å². The molecule has 3 rings (SSSR count). The van der Waals surface area contributed by atoms with E-state index in [0.717, 1.165) is 21.9 Å². The maximum absolute atomic E-state index is 12.8. The third-order valence-electron chi connectivity index (χ3n) is 4.69. The molecule has 26 heavy (non-hydrogen) atoms. The molecule has 0 radical (unpaired) electrons. The third-order valence-corrected chi connectivity index (χ3v) is 4.69. The molecule has 0 aliphatic heterocycles. The zero-order valence-electron chi connectivity index (χ0n) is 15.0. The number of primary amides is 1. The van der Waals surface area contributed by atoms with Crippen molar-refractivity contribution in [3.63, 3.8) is 0 Å². The smallest absolute Gasteiger partial charge is 0.252 e. The van der Waals surface area contributed by atoms with Crippen molar-refractivity contribution in [3.05, 3.63) is 82.9 Å². The molecule has 4 nitrogen and oxygen atoms in total. The number of fused-ring (bicyclic) bond motifs is 1. The van der Waals surface area contributed by atoms with Crippen LogP contribution in [-0.2, 0) is 11.2 Å². The molecule has 4 heteroatoms. The number of nitrogens with two attached hydrogens (primary N) is 1. The molecule has 0 saturated carbocycles. The lowest BCUT2D eigenvalue weighted by Crippen LogP contribution is -2.45. The van der Waals surface area contributed by atoms with Gasteiger partial charge in [0.1, 0.15) is 6.04 Å². The van der Waals surface area contributed by atoms with Crippen LogP contribution in [0.1, 0.15) is 27.0 Å². The average molecular weight is 346 g/mol. The summed E-state index contributed by atoms with van der Waals surface area (Å²) < 4.78 is 0. The monoisotopic (exact) mass is 346 g/mol. The Kier molecular flexibility index (Phi) is 5.03. The van der Waals surface area contributed by atoms with Crippen LogP contribution in [0.15, 0.2) is 60.7 Å². The molecule has 132 valence electrons. The van der Waals surface area contributed by atoms with Gasteiger partial charge in [-0.05, 0) is 47.4 Å². The number of hydrogen-bond donors (Lipinski definition) is 2. The summed E-state index contributed by atoms with van der Waals surface area (Å²) in [6.07, 6.45) is 0.368. The highest BCUT2D eigenvalue weighted by Crippen LogP contribution is 2.19. The van der Waals surface area contributed by atoms with E-state index in [1.807, 2.05) is 68.4 Å². The Morgan fingerprint density at radius 1 is 0.962 bits per heavy atom. The second-order valence-electron chi connectivity index (χ2n) is 6.58. The summed E-state index contributed by atoms with van der Waals surface area (Å²) in [5.74, 6) is -0.841. The molecule has 0 spiro atoms. The number of nitrogens with one attached hydrogen (secondary N) is 1. The molecule has 2 amide bonds. The molecule has 0 aliphatic rings. The van der Waals surface area contributed by atoms with Crippen LogP contribution >= 0.6 is 0 Å². The van der Waals surface area contributed by atoms with E-state index in [1.165, 1.54) is 5.56 Å². The lowest BCUT2D eigenvalue weighted by atomic mass is 9.99. The first-order valence-electron chi connectivity index (χ1n) is 8.60. The summed E-state index contributed by atoms with van der Waals surface area (Å²) in [4.78, 5) is 24.7. The van der Waals surface area contributed by atoms with Gasteiger partial charge in [-0.15, -0.1) is 0 Å². The van der Waals surface area contributed by atoms with Crippen LogP contribution in [0.2, 0.25) is 0 Å². The molecule has 3 N–H and O–H groups in total. The van der Waals surface area contributed by atoms with Crippen LogP contribution in [0.25, 0.3) is 10.8 Å². The molecule has 1 atom stereocenters. The van der Waals surface area contributed by atoms with Crippen molar-refractivity contribution < 1.29 is 9.59 Å². The van der Waals surface area contributed by atoms with Crippen molar-refractivity contribution in [1.29, 1.82) is 0 Å². The quantitative estimate of drug-likeness (QED) is 0.744. The predicted molar refractivity (Wildman–Crippen MR) is 104 cm³/mol. The molecule has 0 aromatic heterocycles. The van der Waals surface area contributed by atoms with E-state index in [2.05, 4.69) is 5.32 Å². The van der Waals surface area contributed by atoms with E-state index in [4.69, 9.17) is 5.73 Å². The molecule has 0 saturated heterocycles. The molecular weight excluding hydrogens is 324 g/mol. The number of amides is 2. The predicted octanol–water partition coefficient (Wildman–Crippen LogP) is 3.28. The number of carbonyl (C=O) groups excluding carboxylic acids is 2. The van der Waals surface area contributed by atoms with Crippen molar-refractivity contribution in [1.82, 2.24) is 5.32 Å². The van der Waals surface area contributed by atoms with E-state index in [1.54, 1.807) is 6.07 Å². The van der Waals surface area contributed by atoms with Gasteiger partial charge >= 0.3 is 0 Å². The standard InChI is InChI=1S/C22H22N2O2/c1-14-10-11-16(12-15(14)2)13-20(21(23)25)24-22(26)19-9-5-7-17-6-3-4-8-18(17)19/h3-12,20H,13H2,1-2H3,(H2,23,25)(H,24,26)/t20-/m1/s1. The lowest BCUT2D eigenvalue weighted by molar-refractivity contribution is -0.119. The van der Waals surface area contributed by atoms with Gasteiger partial charge in [0.2, 0.25) is 5.91 Å². The number of carbonyl (C=O) groups is 2. The van der Waals surface area contributed by atoms with E-state index >= 15 is 0 Å². The zero-order chi connectivity index (χ0) is 18.7. The molecule has 0 aliphatic carbocycles. The number of rotatable bonds is 5. The number of benzene rings is 3. The first kappa shape index (κ1) is 17.7. The van der Waals surface area contributed by atoms with Gasteiger partial charge in [-0.3, -0.25) is 9.59 Å². The van der Waals surface area contributed by atoms with E-state index in [9.17, 15) is 9.59 Å². The third kappa shape index (κ3) is 3.75. The number of hydrogen-bond acceptors (Lipinski definition) is 2. The zero-order valence-corrected chi connectivity index (χ0v) is 15.0. The highest BCUT2D eigenvalue weighted by molar-refractivity contribution is 6.08. The molecule has 3 aromatic carbocycles. The summed E-state index contributed by atoms with van der Waals surface area (Å²) in [5.41, 5.74) is 9.37. The fraction of sp³-hybridized carbons (Fsp3) is 0.182. The van der Waals surface area contributed by atoms with Gasteiger partial charge in [-0.2, -0.15) is 0 Å². The maximum atomic E-state index is 12.8. The summed E-state index contributed by atoms with van der Waals surface area (Å²) in [6, 6.07) is 18.4. The Balaban J connectivity index is 1.84. The van der Waals surface area contributed by atoms with Gasteiger partial charge in [0, 0.05) is 12.0 Å². The molecule has 0 unspecified atom stereocenters. The highest BCUT2D eigenvalue weighted by Gasteiger charge is 2.20. The average Bonchev–Trinajstić information content (AvgIpc) is 2.63. The van der Waals surface area contributed by atoms with E-state index in [-0.39, 0.29) is 5.91 Å². The van der Waals surface area contributed by atoms with Gasteiger partial charge < -0.3 is 11.1 Å². The summed E-state index contributed by atoms with van der Waals surface area (Å²) >= 11 is 0. The van der Waals surface area contributed by atoms with Gasteiger partial charge in [-0.1, -0.05) is 54.6 Å². The first-order chi connectivity index (χ1) is 12.5. The van der Waals surface area contributed by atoms with E-state index in [0.29, 0.717) is 12.0 Å². The summed E-state index contributed by atoms with van der Waals surface area (Å²) in [7, 11) is 0.